The lowest BCUT2D eigenvalue weighted by Crippen LogP contribution is -2.33. The lowest BCUT2D eigenvalue weighted by Gasteiger charge is -2.19. The van der Waals surface area contributed by atoms with Crippen molar-refractivity contribution in [2.45, 2.75) is 13.0 Å². The Bertz CT molecular complexity index is 431. The molecule has 0 spiro atoms. The minimum absolute atomic E-state index is 0.0532. The molecule has 1 heterocycles. The highest BCUT2D eigenvalue weighted by molar-refractivity contribution is 7.11. The maximum absolute atomic E-state index is 11.7. The van der Waals surface area contributed by atoms with Crippen molar-refractivity contribution in [1.29, 1.82) is 0 Å². The first-order valence-electron chi connectivity index (χ1n) is 5.89. The largest absolute Gasteiger partial charge is 0.445 e. The molecule has 0 saturated carbocycles. The predicted molar refractivity (Wildman–Crippen MR) is 75.1 cm³/mol. The number of hydrogen-bond donors (Lipinski definition) is 1. The number of amides is 1. The number of rotatable bonds is 8. The Hall–Kier alpha value is -1.66. The highest BCUT2D eigenvalue weighted by Gasteiger charge is 2.13. The van der Waals surface area contributed by atoms with E-state index in [2.05, 4.69) is 18.1 Å². The van der Waals surface area contributed by atoms with E-state index in [0.717, 1.165) is 4.88 Å². The van der Waals surface area contributed by atoms with E-state index in [-0.39, 0.29) is 19.3 Å². The van der Waals surface area contributed by atoms with E-state index >= 15 is 0 Å². The number of aromatic nitrogens is 1. The summed E-state index contributed by atoms with van der Waals surface area (Å²) >= 11 is 1.44. The summed E-state index contributed by atoms with van der Waals surface area (Å²) in [5.41, 5.74) is 0. The van der Waals surface area contributed by atoms with Gasteiger partial charge in [-0.05, 0) is 0 Å². The first kappa shape index (κ1) is 15.4. The average molecular weight is 282 g/mol. The summed E-state index contributed by atoms with van der Waals surface area (Å²) in [6.45, 7) is 8.22. The lowest BCUT2D eigenvalue weighted by atomic mass is 10.3. The van der Waals surface area contributed by atoms with Crippen LogP contribution in [-0.4, -0.2) is 40.8 Å². The molecule has 104 valence electrons. The number of ether oxygens (including phenoxy) is 1. The minimum Gasteiger partial charge on any atom is -0.445 e. The number of aliphatic hydroxyl groups excluding tert-OH is 1. The maximum Gasteiger partial charge on any atom is 0.410 e. The minimum atomic E-state index is -0.383. The van der Waals surface area contributed by atoms with Gasteiger partial charge in [-0.25, -0.2) is 9.78 Å². The Balaban J connectivity index is 2.50. The van der Waals surface area contributed by atoms with Crippen LogP contribution in [0.15, 0.2) is 31.5 Å². The molecule has 6 heteroatoms. The molecule has 1 N–H and O–H groups in total. The molecule has 0 aromatic carbocycles. The van der Waals surface area contributed by atoms with Crippen molar-refractivity contribution in [3.8, 4) is 0 Å². The van der Waals surface area contributed by atoms with Crippen LogP contribution < -0.4 is 0 Å². The number of nitrogens with zero attached hydrogens (tertiary/aromatic N) is 2. The van der Waals surface area contributed by atoms with Crippen molar-refractivity contribution in [3.63, 3.8) is 0 Å². The molecule has 1 aromatic heterocycles. The molecule has 0 fully saturated rings. The van der Waals surface area contributed by atoms with Crippen molar-refractivity contribution in [1.82, 2.24) is 9.88 Å². The van der Waals surface area contributed by atoms with Crippen molar-refractivity contribution in [2.75, 3.05) is 19.7 Å². The van der Waals surface area contributed by atoms with E-state index in [1.54, 1.807) is 17.2 Å². The fraction of sp³-hybridized carbons (Fsp3) is 0.385. The second kappa shape index (κ2) is 8.44. The molecule has 0 unspecified atom stereocenters. The van der Waals surface area contributed by atoms with Gasteiger partial charge in [0.2, 0.25) is 0 Å². The highest BCUT2D eigenvalue weighted by atomic mass is 32.1. The van der Waals surface area contributed by atoms with Crippen LogP contribution >= 0.6 is 11.3 Å². The summed E-state index contributed by atoms with van der Waals surface area (Å²) in [6, 6.07) is 0. The fourth-order valence-electron chi connectivity index (χ4n) is 1.42. The van der Waals surface area contributed by atoms with Gasteiger partial charge in [-0.1, -0.05) is 18.7 Å². The van der Waals surface area contributed by atoms with Gasteiger partial charge in [0.25, 0.3) is 0 Å². The molecule has 0 atom stereocenters. The van der Waals surface area contributed by atoms with Gasteiger partial charge in [0.1, 0.15) is 11.6 Å². The third-order valence-corrected chi connectivity index (χ3v) is 3.34. The van der Waals surface area contributed by atoms with Crippen molar-refractivity contribution in [2.24, 2.45) is 0 Å². The van der Waals surface area contributed by atoms with Crippen LogP contribution in [0.2, 0.25) is 0 Å². The third kappa shape index (κ3) is 5.23. The number of carbonyl (C=O) groups is 1. The van der Waals surface area contributed by atoms with Crippen LogP contribution in [0.25, 0.3) is 0 Å². The zero-order valence-electron chi connectivity index (χ0n) is 10.7. The first-order chi connectivity index (χ1) is 9.21. The number of aliphatic hydroxyl groups is 1. The molecule has 1 rings (SSSR count). The fourth-order valence-corrected chi connectivity index (χ4v) is 2.19. The normalized spacial score (nSPS) is 9.95. The van der Waals surface area contributed by atoms with E-state index in [1.807, 2.05) is 0 Å². The number of thiazole rings is 1. The van der Waals surface area contributed by atoms with Gasteiger partial charge < -0.3 is 14.7 Å². The molecular formula is C13H18N2O3S. The second-order valence-corrected chi connectivity index (χ2v) is 4.93. The predicted octanol–water partition coefficient (Wildman–Crippen LogP) is 1.99. The zero-order chi connectivity index (χ0) is 14.1. The monoisotopic (exact) mass is 282 g/mol. The van der Waals surface area contributed by atoms with Gasteiger partial charge >= 0.3 is 6.09 Å². The summed E-state index contributed by atoms with van der Waals surface area (Å²) in [5.74, 6) is 0. The quantitative estimate of drug-likeness (QED) is 0.741. The van der Waals surface area contributed by atoms with E-state index in [9.17, 15) is 4.79 Å². The van der Waals surface area contributed by atoms with Crippen LogP contribution in [-0.2, 0) is 17.8 Å². The summed E-state index contributed by atoms with van der Waals surface area (Å²) in [5, 5.41) is 9.62. The van der Waals surface area contributed by atoms with Gasteiger partial charge in [-0.15, -0.1) is 17.9 Å². The average Bonchev–Trinajstić information content (AvgIpc) is 2.88. The highest BCUT2D eigenvalue weighted by Crippen LogP contribution is 2.14. The zero-order valence-corrected chi connectivity index (χ0v) is 11.6. The van der Waals surface area contributed by atoms with Gasteiger partial charge in [0, 0.05) is 30.6 Å². The smallest absolute Gasteiger partial charge is 0.410 e. The molecule has 0 aliphatic heterocycles. The second-order valence-electron chi connectivity index (χ2n) is 3.73. The molecule has 0 aliphatic carbocycles. The summed E-state index contributed by atoms with van der Waals surface area (Å²) in [6.07, 6.45) is 5.19. The Morgan fingerprint density at radius 1 is 1.53 bits per heavy atom. The van der Waals surface area contributed by atoms with E-state index in [4.69, 9.17) is 9.84 Å². The Morgan fingerprint density at radius 2 is 2.32 bits per heavy atom. The number of hydrogen-bond acceptors (Lipinski definition) is 5. The van der Waals surface area contributed by atoms with E-state index < -0.39 is 0 Å². The van der Waals surface area contributed by atoms with Crippen molar-refractivity contribution >= 4 is 17.4 Å². The van der Waals surface area contributed by atoms with E-state index in [1.165, 1.54) is 17.4 Å². The first-order valence-corrected chi connectivity index (χ1v) is 6.70. The third-order valence-electron chi connectivity index (χ3n) is 2.30. The molecule has 0 saturated heterocycles. The summed E-state index contributed by atoms with van der Waals surface area (Å²) in [7, 11) is 0. The van der Waals surface area contributed by atoms with Crippen molar-refractivity contribution in [3.05, 3.63) is 41.4 Å². The van der Waals surface area contributed by atoms with E-state index in [0.29, 0.717) is 24.5 Å². The van der Waals surface area contributed by atoms with Gasteiger partial charge in [-0.2, -0.15) is 0 Å². The van der Waals surface area contributed by atoms with Crippen LogP contribution in [0.5, 0.6) is 0 Å². The Morgan fingerprint density at radius 3 is 2.89 bits per heavy atom. The topological polar surface area (TPSA) is 62.7 Å². The molecule has 1 aromatic rings. The van der Waals surface area contributed by atoms with Crippen molar-refractivity contribution < 1.29 is 14.6 Å². The molecule has 5 nitrogen and oxygen atoms in total. The van der Waals surface area contributed by atoms with Crippen LogP contribution in [0.1, 0.15) is 9.88 Å². The van der Waals surface area contributed by atoms with Crippen LogP contribution in [0.4, 0.5) is 4.79 Å². The molecule has 0 radical (unpaired) electrons. The molecule has 0 bridgehead atoms. The van der Waals surface area contributed by atoms with Crippen LogP contribution in [0, 0.1) is 0 Å². The maximum atomic E-state index is 11.7. The van der Waals surface area contributed by atoms with Gasteiger partial charge in [0.05, 0.1) is 6.61 Å². The summed E-state index contributed by atoms with van der Waals surface area (Å²) < 4.78 is 4.99. The summed E-state index contributed by atoms with van der Waals surface area (Å²) in [4.78, 5) is 18.4. The Labute approximate surface area is 116 Å². The van der Waals surface area contributed by atoms with Gasteiger partial charge in [0.15, 0.2) is 0 Å². The van der Waals surface area contributed by atoms with Crippen LogP contribution in [0.3, 0.4) is 0 Å². The SMILES string of the molecule is C=CCOC(=O)N(CC=C)CCc1cnc(CO)s1. The molecule has 0 aliphatic rings. The lowest BCUT2D eigenvalue weighted by molar-refractivity contribution is 0.117. The standard InChI is InChI=1S/C13H18N2O3S/c1-3-6-15(13(17)18-8-4-2)7-5-11-9-14-12(10-16)19-11/h3-4,9,16H,1-2,5-8,10H2. The number of carbonyl (C=O) groups excluding carboxylic acids is 1. The molecule has 1 amide bonds. The molecule has 19 heavy (non-hydrogen) atoms. The van der Waals surface area contributed by atoms with Gasteiger partial charge in [-0.3, -0.25) is 0 Å². The molecular weight excluding hydrogens is 264 g/mol. The Kier molecular flexibility index (Phi) is 6.84.